The predicted molar refractivity (Wildman–Crippen MR) is 43.9 cm³/mol. The molecular formula is C4H7F4NO4S2. The smallest absolute Gasteiger partial charge is 0.192 e. The highest BCUT2D eigenvalue weighted by Gasteiger charge is 2.25. The predicted octanol–water partition coefficient (Wildman–Crippen LogP) is 2.82. The van der Waals surface area contributed by atoms with Crippen molar-refractivity contribution in [2.75, 3.05) is 0 Å². The van der Waals surface area contributed by atoms with Crippen LogP contribution in [0.15, 0.2) is 0 Å². The number of rotatable bonds is 8. The first-order valence-electron chi connectivity index (χ1n) is 3.24. The molecule has 0 saturated carbocycles. The van der Waals surface area contributed by atoms with Crippen molar-refractivity contribution >= 4 is 24.1 Å². The van der Waals surface area contributed by atoms with E-state index in [9.17, 15) is 17.6 Å². The van der Waals surface area contributed by atoms with Gasteiger partial charge in [-0.1, -0.05) is 0 Å². The maximum atomic E-state index is 12.0. The number of halogens is 4. The third kappa shape index (κ3) is 14.2. The largest absolute Gasteiger partial charge is 0.318 e. The fraction of sp³-hybridized carbons (Fsp3) is 1.00. The molecule has 0 aliphatic carbocycles. The Morgan fingerprint density at radius 2 is 1.20 bits per heavy atom. The van der Waals surface area contributed by atoms with Gasteiger partial charge in [-0.25, -0.2) is 0 Å². The van der Waals surface area contributed by atoms with Gasteiger partial charge in [0.1, 0.15) is 24.1 Å². The molecule has 0 aliphatic heterocycles. The van der Waals surface area contributed by atoms with Crippen LogP contribution in [0.2, 0.25) is 0 Å². The maximum absolute atomic E-state index is 12.0. The second-order valence-corrected chi connectivity index (χ2v) is 4.21. The van der Waals surface area contributed by atoms with Crippen molar-refractivity contribution in [3.63, 3.8) is 0 Å². The van der Waals surface area contributed by atoms with Gasteiger partial charge in [0.15, 0.2) is 0 Å². The highest BCUT2D eigenvalue weighted by atomic mass is 32.2. The molecule has 92 valence electrons. The van der Waals surface area contributed by atoms with E-state index in [-0.39, 0.29) is 24.1 Å². The van der Waals surface area contributed by atoms with E-state index in [1.54, 1.807) is 0 Å². The van der Waals surface area contributed by atoms with Gasteiger partial charge in [-0.3, -0.25) is 0 Å². The molecule has 11 heteroatoms. The summed E-state index contributed by atoms with van der Waals surface area (Å²) in [4.78, 5) is 7.50. The minimum absolute atomic E-state index is 0.311. The Bertz CT molecular complexity index is 157. The van der Waals surface area contributed by atoms with Crippen LogP contribution in [-0.2, 0) is 18.6 Å². The van der Waals surface area contributed by atoms with E-state index in [4.69, 9.17) is 0 Å². The third-order valence-electron chi connectivity index (χ3n) is 0.497. The Balaban J connectivity index is 3.20. The molecule has 0 aliphatic rings. The summed E-state index contributed by atoms with van der Waals surface area (Å²) in [5.41, 5.74) is 1.38. The minimum atomic E-state index is -3.16. The lowest BCUT2D eigenvalue weighted by molar-refractivity contribution is -0.418. The van der Waals surface area contributed by atoms with Crippen LogP contribution in [0.3, 0.4) is 0 Å². The summed E-state index contributed by atoms with van der Waals surface area (Å²) >= 11 is -0.623. The average molecular weight is 273 g/mol. The van der Waals surface area contributed by atoms with Crippen molar-refractivity contribution < 1.29 is 36.2 Å². The molecule has 0 spiro atoms. The van der Waals surface area contributed by atoms with Crippen LogP contribution in [0, 0.1) is 0 Å². The molecule has 0 rings (SSSR count). The van der Waals surface area contributed by atoms with Crippen molar-refractivity contribution in [1.29, 1.82) is 0 Å². The first kappa shape index (κ1) is 15.2. The van der Waals surface area contributed by atoms with E-state index in [1.165, 1.54) is 5.64 Å². The van der Waals surface area contributed by atoms with Gasteiger partial charge in [-0.05, 0) is 5.64 Å². The zero-order valence-corrected chi connectivity index (χ0v) is 9.09. The zero-order valence-electron chi connectivity index (χ0n) is 7.46. The molecule has 0 aromatic heterocycles. The summed E-state index contributed by atoms with van der Waals surface area (Å²) in [6, 6.07) is 0. The Labute approximate surface area is 90.9 Å². The molecule has 15 heavy (non-hydrogen) atoms. The van der Waals surface area contributed by atoms with Crippen molar-refractivity contribution in [3.8, 4) is 0 Å². The van der Waals surface area contributed by atoms with Crippen molar-refractivity contribution in [2.45, 2.75) is 24.4 Å². The number of alkyl halides is 4. The van der Waals surface area contributed by atoms with E-state index in [0.29, 0.717) is 13.8 Å². The summed E-state index contributed by atoms with van der Waals surface area (Å²) in [7, 11) is 0. The number of hydrogen-bond acceptors (Lipinski definition) is 7. The summed E-state index contributed by atoms with van der Waals surface area (Å²) in [5, 5.41) is -6.32. The molecule has 1 N–H and O–H groups in total. The normalized spacial score (nSPS) is 13.2. The van der Waals surface area contributed by atoms with E-state index in [1.807, 2.05) is 0 Å². The second kappa shape index (κ2) is 6.73. The molecule has 0 atom stereocenters. The lowest BCUT2D eigenvalue weighted by Gasteiger charge is -2.08. The summed E-state index contributed by atoms with van der Waals surface area (Å²) in [6.07, 6.45) is 0. The van der Waals surface area contributed by atoms with Gasteiger partial charge in [-0.15, -0.1) is 18.6 Å². The minimum Gasteiger partial charge on any atom is -0.192 e. The van der Waals surface area contributed by atoms with Crippen LogP contribution >= 0.6 is 24.1 Å². The number of hydrogen-bond donors (Lipinski definition) is 1. The molecule has 0 unspecified atom stereocenters. The molecule has 5 nitrogen and oxygen atoms in total. The molecule has 0 heterocycles. The SMILES string of the molecule is CC(F)(F)SOONOOSC(C)(F)F. The van der Waals surface area contributed by atoms with Gasteiger partial charge >= 0.3 is 10.5 Å². The van der Waals surface area contributed by atoms with E-state index in [2.05, 4.69) is 18.6 Å². The Morgan fingerprint density at radius 3 is 1.47 bits per heavy atom. The molecule has 0 bridgehead atoms. The van der Waals surface area contributed by atoms with E-state index >= 15 is 0 Å². The molecule has 0 aromatic carbocycles. The lowest BCUT2D eigenvalue weighted by Crippen LogP contribution is -2.16. The Hall–Kier alpha value is 0.220. The molecule has 0 fully saturated rings. The van der Waals surface area contributed by atoms with Crippen molar-refractivity contribution in [1.82, 2.24) is 5.64 Å². The molecule has 0 aromatic rings. The fourth-order valence-electron chi connectivity index (χ4n) is 0.195. The molecule has 0 amide bonds. The van der Waals surface area contributed by atoms with Gasteiger partial charge in [0.05, 0.1) is 0 Å². The van der Waals surface area contributed by atoms with Crippen LogP contribution in [0.4, 0.5) is 17.6 Å². The van der Waals surface area contributed by atoms with Gasteiger partial charge in [0.2, 0.25) is 0 Å². The fourth-order valence-corrected chi connectivity index (χ4v) is 0.558. The summed E-state index contributed by atoms with van der Waals surface area (Å²) in [6.45, 7) is 1.12. The third-order valence-corrected chi connectivity index (χ3v) is 1.35. The first-order chi connectivity index (χ1) is 6.71. The molecular weight excluding hydrogens is 266 g/mol. The lowest BCUT2D eigenvalue weighted by atomic mass is 10.9. The van der Waals surface area contributed by atoms with Gasteiger partial charge < -0.3 is 0 Å². The van der Waals surface area contributed by atoms with Crippen LogP contribution in [-0.4, -0.2) is 10.5 Å². The van der Waals surface area contributed by atoms with Crippen molar-refractivity contribution in [3.05, 3.63) is 0 Å². The van der Waals surface area contributed by atoms with Gasteiger partial charge in [0, 0.05) is 13.8 Å². The average Bonchev–Trinajstić information content (AvgIpc) is 1.98. The van der Waals surface area contributed by atoms with Crippen LogP contribution in [0.5, 0.6) is 0 Å². The van der Waals surface area contributed by atoms with Crippen molar-refractivity contribution in [2.24, 2.45) is 0 Å². The highest BCUT2D eigenvalue weighted by molar-refractivity contribution is 7.95. The van der Waals surface area contributed by atoms with Gasteiger partial charge in [0.25, 0.3) is 0 Å². The zero-order chi connectivity index (χ0) is 11.9. The quantitative estimate of drug-likeness (QED) is 0.240. The summed E-state index contributed by atoms with van der Waals surface area (Å²) in [5.74, 6) is 0. The Morgan fingerprint density at radius 1 is 0.867 bits per heavy atom. The topological polar surface area (TPSA) is 49.0 Å². The highest BCUT2D eigenvalue weighted by Crippen LogP contribution is 2.29. The summed E-state index contributed by atoms with van der Waals surface area (Å²) < 4.78 is 55.6. The van der Waals surface area contributed by atoms with Crippen LogP contribution < -0.4 is 5.64 Å². The maximum Gasteiger partial charge on any atom is 0.318 e. The number of nitrogens with one attached hydrogen (secondary N) is 1. The Kier molecular flexibility index (Phi) is 6.83. The standard InChI is InChI=1S/C4H7F4NO4S2/c1-3(5,6)14-12-10-9-11-13-15-4(2,7)8/h9H,1-2H3. The van der Waals surface area contributed by atoms with E-state index < -0.39 is 10.5 Å². The second-order valence-electron chi connectivity index (χ2n) is 2.17. The molecule has 0 radical (unpaired) electrons. The molecule has 0 saturated heterocycles. The van der Waals surface area contributed by atoms with E-state index in [0.717, 1.165) is 0 Å². The van der Waals surface area contributed by atoms with Crippen LogP contribution in [0.25, 0.3) is 0 Å². The van der Waals surface area contributed by atoms with Gasteiger partial charge in [-0.2, -0.15) is 17.6 Å². The first-order valence-corrected chi connectivity index (χ1v) is 4.72. The van der Waals surface area contributed by atoms with Crippen LogP contribution in [0.1, 0.15) is 13.8 Å². The monoisotopic (exact) mass is 273 g/mol.